The zero-order valence-electron chi connectivity index (χ0n) is 15.0. The lowest BCUT2D eigenvalue weighted by atomic mass is 10.1. The van der Waals surface area contributed by atoms with Crippen LogP contribution in [0.25, 0.3) is 0 Å². The lowest BCUT2D eigenvalue weighted by molar-refractivity contribution is -0.131. The highest BCUT2D eigenvalue weighted by Crippen LogP contribution is 2.32. The Balaban J connectivity index is 1.69. The first-order chi connectivity index (χ1) is 13.1. The highest BCUT2D eigenvalue weighted by molar-refractivity contribution is 5.87. The fourth-order valence-corrected chi connectivity index (χ4v) is 2.80. The molecule has 7 heteroatoms. The molecule has 1 aliphatic rings. The molecule has 1 N–H and O–H groups in total. The van der Waals surface area contributed by atoms with Gasteiger partial charge in [-0.3, -0.25) is 4.79 Å². The van der Waals surface area contributed by atoms with Crippen LogP contribution in [-0.2, 0) is 22.5 Å². The summed E-state index contributed by atoms with van der Waals surface area (Å²) in [4.78, 5) is 25.4. The number of carbonyl (C=O) groups is 2. The number of hydrogen-bond donors (Lipinski definition) is 1. The van der Waals surface area contributed by atoms with Gasteiger partial charge in [-0.05, 0) is 35.4 Å². The molecule has 142 valence electrons. The van der Waals surface area contributed by atoms with E-state index in [0.29, 0.717) is 31.2 Å². The summed E-state index contributed by atoms with van der Waals surface area (Å²) in [7, 11) is 1.59. The molecule has 3 rings (SSSR count). The van der Waals surface area contributed by atoms with Gasteiger partial charge in [0.15, 0.2) is 11.5 Å². The standard InChI is InChI=1S/C20H21NO6/c1-25-9-8-21(12-15-4-7-17-18(10-15)27-13-26-17)19(22)11-14-2-5-16(6-3-14)20(23)24/h2-7,10H,8-9,11-13H2,1H3,(H,23,24). The second-order valence-corrected chi connectivity index (χ2v) is 6.17. The van der Waals surface area contributed by atoms with Gasteiger partial charge < -0.3 is 24.2 Å². The highest BCUT2D eigenvalue weighted by atomic mass is 16.7. The van der Waals surface area contributed by atoms with Gasteiger partial charge in [0, 0.05) is 20.2 Å². The number of aromatic carboxylic acids is 1. The number of rotatable bonds is 8. The van der Waals surface area contributed by atoms with E-state index in [9.17, 15) is 9.59 Å². The number of fused-ring (bicyclic) bond motifs is 1. The maximum atomic E-state index is 12.8. The molecule has 0 unspecified atom stereocenters. The van der Waals surface area contributed by atoms with Crippen molar-refractivity contribution in [3.63, 3.8) is 0 Å². The number of nitrogens with zero attached hydrogens (tertiary/aromatic N) is 1. The van der Waals surface area contributed by atoms with Crippen LogP contribution in [-0.4, -0.2) is 48.9 Å². The average Bonchev–Trinajstić information content (AvgIpc) is 3.13. The number of methoxy groups -OCH3 is 1. The quantitative estimate of drug-likeness (QED) is 0.767. The minimum absolute atomic E-state index is 0.0622. The summed E-state index contributed by atoms with van der Waals surface area (Å²) in [5, 5.41) is 8.97. The van der Waals surface area contributed by atoms with Crippen LogP contribution in [0.4, 0.5) is 0 Å². The van der Waals surface area contributed by atoms with Crippen molar-refractivity contribution in [1.82, 2.24) is 4.90 Å². The van der Waals surface area contributed by atoms with E-state index in [1.807, 2.05) is 18.2 Å². The van der Waals surface area contributed by atoms with Crippen LogP contribution in [0.15, 0.2) is 42.5 Å². The number of amides is 1. The molecular weight excluding hydrogens is 350 g/mol. The van der Waals surface area contributed by atoms with Crippen LogP contribution >= 0.6 is 0 Å². The molecule has 0 aromatic heterocycles. The Bertz CT molecular complexity index is 818. The van der Waals surface area contributed by atoms with E-state index in [1.54, 1.807) is 24.1 Å². The summed E-state index contributed by atoms with van der Waals surface area (Å²) < 4.78 is 15.8. The van der Waals surface area contributed by atoms with E-state index in [1.165, 1.54) is 12.1 Å². The van der Waals surface area contributed by atoms with Gasteiger partial charge in [0.25, 0.3) is 0 Å². The SMILES string of the molecule is COCCN(Cc1ccc2c(c1)OCO2)C(=O)Cc1ccc(C(=O)O)cc1. The summed E-state index contributed by atoms with van der Waals surface area (Å²) in [5.74, 6) is 0.327. The van der Waals surface area contributed by atoms with Crippen LogP contribution in [0.1, 0.15) is 21.5 Å². The van der Waals surface area contributed by atoms with Crippen LogP contribution < -0.4 is 9.47 Å². The molecule has 7 nitrogen and oxygen atoms in total. The molecule has 0 spiro atoms. The number of benzene rings is 2. The van der Waals surface area contributed by atoms with Crippen LogP contribution in [0.3, 0.4) is 0 Å². The predicted octanol–water partition coefficient (Wildman–Crippen LogP) is 2.33. The van der Waals surface area contributed by atoms with Crippen LogP contribution in [0.2, 0.25) is 0 Å². The molecule has 2 aromatic carbocycles. The predicted molar refractivity (Wildman–Crippen MR) is 97.0 cm³/mol. The van der Waals surface area contributed by atoms with Crippen molar-refractivity contribution in [3.05, 3.63) is 59.2 Å². The molecule has 0 atom stereocenters. The summed E-state index contributed by atoms with van der Waals surface area (Å²) in [6.07, 6.45) is 0.189. The Morgan fingerprint density at radius 3 is 2.48 bits per heavy atom. The number of carboxylic acids is 1. The van der Waals surface area contributed by atoms with Crippen molar-refractivity contribution in [2.75, 3.05) is 27.1 Å². The molecule has 0 fully saturated rings. The van der Waals surface area contributed by atoms with Gasteiger partial charge in [-0.25, -0.2) is 4.79 Å². The third-order valence-corrected chi connectivity index (χ3v) is 4.28. The number of carboxylic acid groups (broad SMARTS) is 1. The first-order valence-electron chi connectivity index (χ1n) is 8.54. The van der Waals surface area contributed by atoms with Crippen molar-refractivity contribution in [3.8, 4) is 11.5 Å². The molecule has 0 radical (unpaired) electrons. The molecule has 0 bridgehead atoms. The van der Waals surface area contributed by atoms with Gasteiger partial charge >= 0.3 is 5.97 Å². The number of hydrogen-bond acceptors (Lipinski definition) is 5. The Labute approximate surface area is 157 Å². The lowest BCUT2D eigenvalue weighted by Gasteiger charge is -2.23. The fraction of sp³-hybridized carbons (Fsp3) is 0.300. The van der Waals surface area contributed by atoms with Crippen molar-refractivity contribution < 1.29 is 28.9 Å². The smallest absolute Gasteiger partial charge is 0.335 e. The Morgan fingerprint density at radius 1 is 1.07 bits per heavy atom. The van der Waals surface area contributed by atoms with E-state index in [0.717, 1.165) is 11.1 Å². The topological polar surface area (TPSA) is 85.3 Å². The fourth-order valence-electron chi connectivity index (χ4n) is 2.80. The zero-order chi connectivity index (χ0) is 19.2. The second kappa shape index (κ2) is 8.55. The minimum Gasteiger partial charge on any atom is -0.478 e. The molecule has 0 saturated heterocycles. The van der Waals surface area contributed by atoms with Crippen molar-refractivity contribution in [2.45, 2.75) is 13.0 Å². The third-order valence-electron chi connectivity index (χ3n) is 4.28. The van der Waals surface area contributed by atoms with Gasteiger partial charge in [0.05, 0.1) is 18.6 Å². The molecule has 27 heavy (non-hydrogen) atoms. The van der Waals surface area contributed by atoms with E-state index in [4.69, 9.17) is 19.3 Å². The van der Waals surface area contributed by atoms with Crippen LogP contribution in [0.5, 0.6) is 11.5 Å². The van der Waals surface area contributed by atoms with Gasteiger partial charge in [-0.1, -0.05) is 18.2 Å². The monoisotopic (exact) mass is 371 g/mol. The van der Waals surface area contributed by atoms with Gasteiger partial charge in [-0.15, -0.1) is 0 Å². The van der Waals surface area contributed by atoms with Crippen molar-refractivity contribution in [2.24, 2.45) is 0 Å². The van der Waals surface area contributed by atoms with Gasteiger partial charge in [-0.2, -0.15) is 0 Å². The highest BCUT2D eigenvalue weighted by Gasteiger charge is 2.18. The molecule has 0 aliphatic carbocycles. The van der Waals surface area contributed by atoms with E-state index < -0.39 is 5.97 Å². The zero-order valence-corrected chi connectivity index (χ0v) is 15.0. The summed E-state index contributed by atoms with van der Waals surface area (Å²) >= 11 is 0. The first-order valence-corrected chi connectivity index (χ1v) is 8.54. The second-order valence-electron chi connectivity index (χ2n) is 6.17. The molecule has 1 amide bonds. The lowest BCUT2D eigenvalue weighted by Crippen LogP contribution is -2.34. The maximum Gasteiger partial charge on any atom is 0.335 e. The van der Waals surface area contributed by atoms with E-state index >= 15 is 0 Å². The molecule has 1 heterocycles. The largest absolute Gasteiger partial charge is 0.478 e. The summed E-state index contributed by atoms with van der Waals surface area (Å²) in [6.45, 7) is 1.51. The third kappa shape index (κ3) is 4.77. The van der Waals surface area contributed by atoms with E-state index in [2.05, 4.69) is 0 Å². The van der Waals surface area contributed by atoms with Gasteiger partial charge in [0.2, 0.25) is 12.7 Å². The van der Waals surface area contributed by atoms with Crippen molar-refractivity contribution >= 4 is 11.9 Å². The molecule has 2 aromatic rings. The van der Waals surface area contributed by atoms with Crippen molar-refractivity contribution in [1.29, 1.82) is 0 Å². The summed E-state index contributed by atoms with van der Waals surface area (Å²) in [5.41, 5.74) is 1.89. The summed E-state index contributed by atoms with van der Waals surface area (Å²) in [6, 6.07) is 11.9. The first kappa shape index (κ1) is 18.7. The van der Waals surface area contributed by atoms with Crippen LogP contribution in [0, 0.1) is 0 Å². The minimum atomic E-state index is -0.989. The van der Waals surface area contributed by atoms with Gasteiger partial charge in [0.1, 0.15) is 0 Å². The normalized spacial score (nSPS) is 12.0. The number of carbonyl (C=O) groups excluding carboxylic acids is 1. The van der Waals surface area contributed by atoms with E-state index in [-0.39, 0.29) is 24.7 Å². The Morgan fingerprint density at radius 2 is 1.78 bits per heavy atom. The Kier molecular flexibility index (Phi) is 5.93. The molecule has 1 aliphatic heterocycles. The number of ether oxygens (including phenoxy) is 3. The Hall–Kier alpha value is -3.06. The molecular formula is C20H21NO6. The average molecular weight is 371 g/mol. The maximum absolute atomic E-state index is 12.8. The molecule has 0 saturated carbocycles.